The van der Waals surface area contributed by atoms with E-state index >= 15 is 0 Å². The first-order chi connectivity index (χ1) is 8.31. The van der Waals surface area contributed by atoms with Crippen LogP contribution in [-0.4, -0.2) is 32.0 Å². The van der Waals surface area contributed by atoms with E-state index in [0.29, 0.717) is 10.3 Å². The van der Waals surface area contributed by atoms with Crippen LogP contribution in [0.3, 0.4) is 0 Å². The van der Waals surface area contributed by atoms with E-state index in [4.69, 9.17) is 10.6 Å². The third kappa shape index (κ3) is 2.98. The van der Waals surface area contributed by atoms with E-state index in [2.05, 4.69) is 30.3 Å². The molecule has 9 heteroatoms. The number of hydrogen-bond donors (Lipinski definition) is 2. The number of nitrogen functional groups attached to an aromatic ring is 1. The van der Waals surface area contributed by atoms with Gasteiger partial charge in [0.25, 0.3) is 0 Å². The molecule has 2 heterocycles. The van der Waals surface area contributed by atoms with Crippen LogP contribution in [-0.2, 0) is 0 Å². The maximum absolute atomic E-state index is 5.24. The number of nitrogens with zero attached hydrogens (tertiary/aromatic N) is 5. The molecule has 0 amide bonds. The molecule has 17 heavy (non-hydrogen) atoms. The summed E-state index contributed by atoms with van der Waals surface area (Å²) in [5.74, 6) is 5.45. The van der Waals surface area contributed by atoms with Gasteiger partial charge in [-0.2, -0.15) is 15.0 Å². The Bertz CT molecular complexity index is 472. The Hall–Kier alpha value is -2.00. The highest BCUT2D eigenvalue weighted by atomic mass is 32.2. The largest absolute Gasteiger partial charge is 0.467 e. The molecular formula is C8H9N7OS. The molecule has 0 aromatic carbocycles. The van der Waals surface area contributed by atoms with Crippen molar-refractivity contribution in [3.8, 4) is 6.01 Å². The minimum atomic E-state index is 0.173. The standard InChI is InChI=1S/C8H9N7OS/c1-16-6-12-5(15-9)13-8(14-6)17-7-10-3-2-4-11-7/h2-4H,9H2,1H3,(H,12,13,14,15). The van der Waals surface area contributed by atoms with Crippen LogP contribution in [0.25, 0.3) is 0 Å². The molecule has 8 nitrogen and oxygen atoms in total. The smallest absolute Gasteiger partial charge is 0.322 e. The Morgan fingerprint density at radius 1 is 1.18 bits per heavy atom. The average molecular weight is 251 g/mol. The number of hydrazine groups is 1. The summed E-state index contributed by atoms with van der Waals surface area (Å²) in [5.41, 5.74) is 2.33. The highest BCUT2D eigenvalue weighted by Gasteiger charge is 2.08. The Kier molecular flexibility index (Phi) is 3.62. The van der Waals surface area contributed by atoms with Gasteiger partial charge in [0.1, 0.15) is 0 Å². The molecule has 0 aliphatic rings. The molecule has 0 bridgehead atoms. The van der Waals surface area contributed by atoms with Gasteiger partial charge in [0, 0.05) is 12.4 Å². The molecule has 0 unspecified atom stereocenters. The van der Waals surface area contributed by atoms with Crippen LogP contribution in [0.15, 0.2) is 28.8 Å². The minimum absolute atomic E-state index is 0.173. The fraction of sp³-hybridized carbons (Fsp3) is 0.125. The number of nitrogens with one attached hydrogen (secondary N) is 1. The van der Waals surface area contributed by atoms with Crippen LogP contribution in [0.4, 0.5) is 5.95 Å². The van der Waals surface area contributed by atoms with Crippen molar-refractivity contribution < 1.29 is 4.74 Å². The lowest BCUT2D eigenvalue weighted by Gasteiger charge is -2.03. The number of rotatable bonds is 4. The van der Waals surface area contributed by atoms with Crippen LogP contribution in [0.2, 0.25) is 0 Å². The van der Waals surface area contributed by atoms with Crippen molar-refractivity contribution >= 4 is 17.7 Å². The second-order valence-corrected chi connectivity index (χ2v) is 3.64. The molecule has 2 rings (SSSR count). The van der Waals surface area contributed by atoms with Crippen molar-refractivity contribution in [3.05, 3.63) is 18.5 Å². The quantitative estimate of drug-likeness (QED) is 0.444. The van der Waals surface area contributed by atoms with Crippen molar-refractivity contribution in [2.45, 2.75) is 10.3 Å². The fourth-order valence-corrected chi connectivity index (χ4v) is 1.61. The van der Waals surface area contributed by atoms with Gasteiger partial charge < -0.3 is 4.74 Å². The van der Waals surface area contributed by atoms with Crippen molar-refractivity contribution in [1.29, 1.82) is 0 Å². The normalized spacial score (nSPS) is 10.0. The minimum Gasteiger partial charge on any atom is -0.467 e. The third-order valence-corrected chi connectivity index (χ3v) is 2.39. The lowest BCUT2D eigenvalue weighted by Crippen LogP contribution is -2.12. The van der Waals surface area contributed by atoms with Gasteiger partial charge in [-0.15, -0.1) is 0 Å². The lowest BCUT2D eigenvalue weighted by atomic mass is 10.7. The molecule has 0 saturated heterocycles. The number of aromatic nitrogens is 5. The summed E-state index contributed by atoms with van der Waals surface area (Å²) in [6.45, 7) is 0. The zero-order valence-corrected chi connectivity index (χ0v) is 9.68. The zero-order chi connectivity index (χ0) is 12.1. The Labute approximate surface area is 101 Å². The number of methoxy groups -OCH3 is 1. The summed E-state index contributed by atoms with van der Waals surface area (Å²) in [6, 6.07) is 1.90. The van der Waals surface area contributed by atoms with Crippen LogP contribution in [0.1, 0.15) is 0 Å². The number of nitrogens with two attached hydrogens (primary N) is 1. The molecule has 3 N–H and O–H groups in total. The third-order valence-electron chi connectivity index (χ3n) is 1.63. The van der Waals surface area contributed by atoms with E-state index in [-0.39, 0.29) is 12.0 Å². The summed E-state index contributed by atoms with van der Waals surface area (Å²) in [7, 11) is 1.46. The van der Waals surface area contributed by atoms with Gasteiger partial charge in [-0.1, -0.05) is 0 Å². The molecule has 0 radical (unpaired) electrons. The second-order valence-electron chi connectivity index (χ2n) is 2.71. The highest BCUT2D eigenvalue weighted by molar-refractivity contribution is 7.99. The Balaban J connectivity index is 2.26. The predicted octanol–water partition coefficient (Wildman–Crippen LogP) is 0.107. The number of ether oxygens (including phenoxy) is 1. The topological polar surface area (TPSA) is 112 Å². The molecule has 0 aliphatic carbocycles. The van der Waals surface area contributed by atoms with Gasteiger partial charge in [-0.25, -0.2) is 15.8 Å². The molecule has 2 aromatic heterocycles. The van der Waals surface area contributed by atoms with Gasteiger partial charge >= 0.3 is 6.01 Å². The van der Waals surface area contributed by atoms with E-state index < -0.39 is 0 Å². The molecule has 88 valence electrons. The molecule has 0 saturated carbocycles. The van der Waals surface area contributed by atoms with Crippen molar-refractivity contribution in [1.82, 2.24) is 24.9 Å². The molecule has 2 aromatic rings. The van der Waals surface area contributed by atoms with Crippen molar-refractivity contribution in [2.24, 2.45) is 5.84 Å². The van der Waals surface area contributed by atoms with Gasteiger partial charge in [0.15, 0.2) is 5.16 Å². The first kappa shape index (κ1) is 11.5. The Morgan fingerprint density at radius 2 is 1.94 bits per heavy atom. The van der Waals surface area contributed by atoms with Crippen molar-refractivity contribution in [2.75, 3.05) is 12.5 Å². The molecule has 0 spiro atoms. The van der Waals surface area contributed by atoms with Gasteiger partial charge in [-0.05, 0) is 17.8 Å². The first-order valence-electron chi connectivity index (χ1n) is 4.53. The summed E-state index contributed by atoms with van der Waals surface area (Å²) in [6.07, 6.45) is 3.27. The van der Waals surface area contributed by atoms with E-state index in [1.54, 1.807) is 18.5 Å². The molecule has 0 aliphatic heterocycles. The SMILES string of the molecule is COc1nc(NN)nc(Sc2ncccn2)n1. The van der Waals surface area contributed by atoms with Gasteiger partial charge in [0.05, 0.1) is 7.11 Å². The molecule has 0 fully saturated rings. The van der Waals surface area contributed by atoms with Crippen LogP contribution >= 0.6 is 11.8 Å². The van der Waals surface area contributed by atoms with Gasteiger partial charge in [-0.3, -0.25) is 5.43 Å². The van der Waals surface area contributed by atoms with Crippen LogP contribution in [0.5, 0.6) is 6.01 Å². The zero-order valence-electron chi connectivity index (χ0n) is 8.86. The van der Waals surface area contributed by atoms with E-state index in [0.717, 1.165) is 0 Å². The first-order valence-corrected chi connectivity index (χ1v) is 5.35. The summed E-state index contributed by atoms with van der Waals surface area (Å²) >= 11 is 1.19. The summed E-state index contributed by atoms with van der Waals surface area (Å²) in [4.78, 5) is 20.0. The average Bonchev–Trinajstić information content (AvgIpc) is 2.39. The second kappa shape index (κ2) is 5.37. The Morgan fingerprint density at radius 3 is 2.59 bits per heavy atom. The monoisotopic (exact) mass is 251 g/mol. The summed E-state index contributed by atoms with van der Waals surface area (Å²) < 4.78 is 4.92. The maximum Gasteiger partial charge on any atom is 0.322 e. The van der Waals surface area contributed by atoms with Gasteiger partial charge in [0.2, 0.25) is 11.1 Å². The molecule has 0 atom stereocenters. The molecular weight excluding hydrogens is 242 g/mol. The van der Waals surface area contributed by atoms with E-state index in [1.807, 2.05) is 0 Å². The predicted molar refractivity (Wildman–Crippen MR) is 60.3 cm³/mol. The fourth-order valence-electron chi connectivity index (χ4n) is 0.959. The summed E-state index contributed by atoms with van der Waals surface area (Å²) in [5, 5.41) is 0.930. The maximum atomic E-state index is 5.24. The number of anilines is 1. The lowest BCUT2D eigenvalue weighted by molar-refractivity contribution is 0.373. The van der Waals surface area contributed by atoms with Crippen LogP contribution < -0.4 is 16.0 Å². The van der Waals surface area contributed by atoms with E-state index in [1.165, 1.54) is 18.9 Å². The van der Waals surface area contributed by atoms with Crippen molar-refractivity contribution in [3.63, 3.8) is 0 Å². The highest BCUT2D eigenvalue weighted by Crippen LogP contribution is 2.22. The van der Waals surface area contributed by atoms with Crippen LogP contribution in [0, 0.1) is 0 Å². The number of hydrogen-bond acceptors (Lipinski definition) is 9. The van der Waals surface area contributed by atoms with E-state index in [9.17, 15) is 0 Å².